The van der Waals surface area contributed by atoms with Crippen LogP contribution < -0.4 is 4.74 Å². The predicted octanol–water partition coefficient (Wildman–Crippen LogP) is 1.51. The van der Waals surface area contributed by atoms with Crippen molar-refractivity contribution in [2.75, 3.05) is 7.11 Å². The highest BCUT2D eigenvalue weighted by molar-refractivity contribution is 5.75. The Labute approximate surface area is 82.1 Å². The SMILES string of the molecule is COC(C)(Oc1ccccc1)C(=O)O. The lowest BCUT2D eigenvalue weighted by molar-refractivity contribution is -0.197. The molecule has 4 nitrogen and oxygen atoms in total. The fraction of sp³-hybridized carbons (Fsp3) is 0.300. The summed E-state index contributed by atoms with van der Waals surface area (Å²) in [5.41, 5.74) is 0. The molecule has 0 radical (unpaired) electrons. The topological polar surface area (TPSA) is 55.8 Å². The van der Waals surface area contributed by atoms with Gasteiger partial charge in [-0.3, -0.25) is 0 Å². The van der Waals surface area contributed by atoms with Crippen molar-refractivity contribution >= 4 is 5.97 Å². The molecule has 4 heteroatoms. The van der Waals surface area contributed by atoms with Crippen molar-refractivity contribution in [1.82, 2.24) is 0 Å². The van der Waals surface area contributed by atoms with E-state index in [0.717, 1.165) is 0 Å². The Kier molecular flexibility index (Phi) is 3.09. The van der Waals surface area contributed by atoms with Crippen LogP contribution in [0.5, 0.6) is 5.75 Å². The number of hydrogen-bond donors (Lipinski definition) is 1. The average molecular weight is 196 g/mol. The Balaban J connectivity index is 2.81. The standard InChI is InChI=1S/C10H12O4/c1-10(13-2,9(11)12)14-8-6-4-3-5-7-8/h3-7H,1-2H3,(H,11,12). The van der Waals surface area contributed by atoms with E-state index in [9.17, 15) is 4.79 Å². The summed E-state index contributed by atoms with van der Waals surface area (Å²) in [6.45, 7) is 1.35. The number of benzene rings is 1. The van der Waals surface area contributed by atoms with Crippen LogP contribution in [-0.4, -0.2) is 24.0 Å². The van der Waals surface area contributed by atoms with Gasteiger partial charge in [0.1, 0.15) is 5.75 Å². The molecule has 0 heterocycles. The first-order chi connectivity index (χ1) is 6.58. The Morgan fingerprint density at radius 1 is 1.36 bits per heavy atom. The van der Waals surface area contributed by atoms with E-state index < -0.39 is 11.8 Å². The number of carboxylic acid groups (broad SMARTS) is 1. The summed E-state index contributed by atoms with van der Waals surface area (Å²) >= 11 is 0. The smallest absolute Gasteiger partial charge is 0.376 e. The molecule has 0 aromatic heterocycles. The van der Waals surface area contributed by atoms with Crippen LogP contribution >= 0.6 is 0 Å². The zero-order valence-corrected chi connectivity index (χ0v) is 8.06. The molecule has 1 aromatic rings. The van der Waals surface area contributed by atoms with Crippen LogP contribution in [0.3, 0.4) is 0 Å². The van der Waals surface area contributed by atoms with Gasteiger partial charge in [0.15, 0.2) is 0 Å². The van der Waals surface area contributed by atoms with Crippen LogP contribution in [0.4, 0.5) is 0 Å². The lowest BCUT2D eigenvalue weighted by Gasteiger charge is -2.24. The highest BCUT2D eigenvalue weighted by atomic mass is 16.7. The number of ether oxygens (including phenoxy) is 2. The molecule has 1 aromatic carbocycles. The summed E-state index contributed by atoms with van der Waals surface area (Å²) in [4.78, 5) is 10.8. The molecule has 76 valence electrons. The molecule has 0 aliphatic heterocycles. The van der Waals surface area contributed by atoms with Gasteiger partial charge < -0.3 is 14.6 Å². The first kappa shape index (κ1) is 10.5. The van der Waals surface area contributed by atoms with Crippen LogP contribution in [0.15, 0.2) is 30.3 Å². The van der Waals surface area contributed by atoms with E-state index in [1.807, 2.05) is 6.07 Å². The monoisotopic (exact) mass is 196 g/mol. The third kappa shape index (κ3) is 2.23. The van der Waals surface area contributed by atoms with Crippen LogP contribution in [-0.2, 0) is 9.53 Å². The number of para-hydroxylation sites is 1. The van der Waals surface area contributed by atoms with Gasteiger partial charge in [0.25, 0.3) is 0 Å². The van der Waals surface area contributed by atoms with Gasteiger partial charge in [-0.2, -0.15) is 0 Å². The zero-order chi connectivity index (χ0) is 10.6. The second kappa shape index (κ2) is 4.11. The molecular weight excluding hydrogens is 184 g/mol. The number of carbonyl (C=O) groups is 1. The van der Waals surface area contributed by atoms with E-state index in [1.165, 1.54) is 14.0 Å². The summed E-state index contributed by atoms with van der Waals surface area (Å²) in [6, 6.07) is 8.67. The van der Waals surface area contributed by atoms with Crippen LogP contribution in [0.2, 0.25) is 0 Å². The van der Waals surface area contributed by atoms with E-state index in [1.54, 1.807) is 24.3 Å². The van der Waals surface area contributed by atoms with Gasteiger partial charge in [-0.25, -0.2) is 4.79 Å². The minimum atomic E-state index is -1.64. The first-order valence-corrected chi connectivity index (χ1v) is 4.11. The molecule has 0 saturated heterocycles. The van der Waals surface area contributed by atoms with Crippen LogP contribution in [0.25, 0.3) is 0 Å². The van der Waals surface area contributed by atoms with Crippen molar-refractivity contribution in [3.63, 3.8) is 0 Å². The lowest BCUT2D eigenvalue weighted by atomic mass is 10.3. The predicted molar refractivity (Wildman–Crippen MR) is 50.1 cm³/mol. The molecular formula is C10H12O4. The van der Waals surface area contributed by atoms with E-state index >= 15 is 0 Å². The third-order valence-corrected chi connectivity index (χ3v) is 1.83. The third-order valence-electron chi connectivity index (χ3n) is 1.83. The molecule has 1 N–H and O–H groups in total. The molecule has 0 fully saturated rings. The normalized spacial score (nSPS) is 14.4. The summed E-state index contributed by atoms with van der Waals surface area (Å²) in [6.07, 6.45) is 0. The quantitative estimate of drug-likeness (QED) is 0.741. The molecule has 1 atom stereocenters. The highest BCUT2D eigenvalue weighted by Gasteiger charge is 2.35. The van der Waals surface area contributed by atoms with E-state index in [2.05, 4.69) is 0 Å². The van der Waals surface area contributed by atoms with Crippen molar-refractivity contribution in [3.05, 3.63) is 30.3 Å². The summed E-state index contributed by atoms with van der Waals surface area (Å²) < 4.78 is 9.97. The highest BCUT2D eigenvalue weighted by Crippen LogP contribution is 2.18. The van der Waals surface area contributed by atoms with Crippen LogP contribution in [0.1, 0.15) is 6.92 Å². The molecule has 0 aliphatic carbocycles. The van der Waals surface area contributed by atoms with E-state index in [-0.39, 0.29) is 0 Å². The molecule has 0 aliphatic rings. The summed E-state index contributed by atoms with van der Waals surface area (Å²) in [5.74, 6) is -2.34. The van der Waals surface area contributed by atoms with Crippen molar-refractivity contribution < 1.29 is 19.4 Å². The number of carboxylic acids is 1. The Hall–Kier alpha value is -1.55. The fourth-order valence-electron chi connectivity index (χ4n) is 0.886. The maximum Gasteiger partial charge on any atom is 0.376 e. The number of aliphatic carboxylic acids is 1. The molecule has 1 rings (SSSR count). The number of rotatable bonds is 4. The van der Waals surface area contributed by atoms with Crippen molar-refractivity contribution in [2.45, 2.75) is 12.7 Å². The van der Waals surface area contributed by atoms with Gasteiger partial charge in [-0.1, -0.05) is 18.2 Å². The van der Waals surface area contributed by atoms with Gasteiger partial charge in [0, 0.05) is 14.0 Å². The molecule has 14 heavy (non-hydrogen) atoms. The van der Waals surface area contributed by atoms with Crippen molar-refractivity contribution in [1.29, 1.82) is 0 Å². The van der Waals surface area contributed by atoms with E-state index in [4.69, 9.17) is 14.6 Å². The largest absolute Gasteiger partial charge is 0.476 e. The zero-order valence-electron chi connectivity index (χ0n) is 8.06. The number of methoxy groups -OCH3 is 1. The average Bonchev–Trinajstić information content (AvgIpc) is 2.19. The lowest BCUT2D eigenvalue weighted by Crippen LogP contribution is -2.43. The molecule has 0 saturated carbocycles. The summed E-state index contributed by atoms with van der Waals surface area (Å²) in [7, 11) is 1.29. The molecule has 0 spiro atoms. The molecule has 0 bridgehead atoms. The van der Waals surface area contributed by atoms with Gasteiger partial charge >= 0.3 is 11.8 Å². The Bertz CT molecular complexity index is 309. The van der Waals surface area contributed by atoms with E-state index in [0.29, 0.717) is 5.75 Å². The minimum absolute atomic E-state index is 0.458. The summed E-state index contributed by atoms with van der Waals surface area (Å²) in [5, 5.41) is 8.84. The van der Waals surface area contributed by atoms with Crippen LogP contribution in [0, 0.1) is 0 Å². The van der Waals surface area contributed by atoms with Gasteiger partial charge in [-0.15, -0.1) is 0 Å². The molecule has 0 amide bonds. The fourth-order valence-corrected chi connectivity index (χ4v) is 0.886. The Morgan fingerprint density at radius 2 is 1.93 bits per heavy atom. The first-order valence-electron chi connectivity index (χ1n) is 4.11. The maximum atomic E-state index is 10.8. The second-order valence-corrected chi connectivity index (χ2v) is 2.87. The van der Waals surface area contributed by atoms with Crippen molar-refractivity contribution in [2.24, 2.45) is 0 Å². The van der Waals surface area contributed by atoms with Gasteiger partial charge in [-0.05, 0) is 12.1 Å². The molecule has 1 unspecified atom stereocenters. The van der Waals surface area contributed by atoms with Crippen molar-refractivity contribution in [3.8, 4) is 5.75 Å². The minimum Gasteiger partial charge on any atom is -0.476 e. The Morgan fingerprint density at radius 3 is 2.36 bits per heavy atom. The van der Waals surface area contributed by atoms with Gasteiger partial charge in [0.05, 0.1) is 0 Å². The second-order valence-electron chi connectivity index (χ2n) is 2.87. The maximum absolute atomic E-state index is 10.8. The van der Waals surface area contributed by atoms with Gasteiger partial charge in [0.2, 0.25) is 0 Å². The number of hydrogen-bond acceptors (Lipinski definition) is 3.